The average molecular weight is 339 g/mol. The van der Waals surface area contributed by atoms with E-state index in [1.54, 1.807) is 11.8 Å². The second-order valence-electron chi connectivity index (χ2n) is 6.69. The summed E-state index contributed by atoms with van der Waals surface area (Å²) in [6.45, 7) is 8.10. The van der Waals surface area contributed by atoms with E-state index in [1.807, 2.05) is 6.26 Å². The monoisotopic (exact) mass is 338 g/mol. The van der Waals surface area contributed by atoms with E-state index in [1.165, 1.54) is 0 Å². The molecule has 1 aliphatic rings. The molecule has 0 aromatic heterocycles. The molecule has 4 nitrogen and oxygen atoms in total. The fourth-order valence-corrected chi connectivity index (χ4v) is 3.24. The highest BCUT2D eigenvalue weighted by Gasteiger charge is 2.35. The highest BCUT2D eigenvalue weighted by atomic mass is 35.5. The van der Waals surface area contributed by atoms with Crippen LogP contribution < -0.4 is 11.1 Å². The number of halogens is 1. The molecule has 1 heterocycles. The van der Waals surface area contributed by atoms with Gasteiger partial charge in [-0.05, 0) is 36.7 Å². The fourth-order valence-electron chi connectivity index (χ4n) is 2.75. The molecule has 1 aliphatic heterocycles. The van der Waals surface area contributed by atoms with Gasteiger partial charge in [0.15, 0.2) is 0 Å². The molecule has 1 saturated heterocycles. The number of rotatable bonds is 6. The highest BCUT2D eigenvalue weighted by Crippen LogP contribution is 2.33. The van der Waals surface area contributed by atoms with Crippen molar-refractivity contribution in [3.8, 4) is 0 Å². The van der Waals surface area contributed by atoms with Gasteiger partial charge >= 0.3 is 0 Å². The number of amides is 1. The van der Waals surface area contributed by atoms with Gasteiger partial charge in [-0.3, -0.25) is 4.79 Å². The van der Waals surface area contributed by atoms with Gasteiger partial charge in [-0.2, -0.15) is 11.8 Å². The van der Waals surface area contributed by atoms with Crippen molar-refractivity contribution in [1.82, 2.24) is 5.32 Å². The number of ether oxygens (including phenoxy) is 1. The lowest BCUT2D eigenvalue weighted by Gasteiger charge is -2.40. The summed E-state index contributed by atoms with van der Waals surface area (Å²) in [5.74, 6) is 1.28. The summed E-state index contributed by atoms with van der Waals surface area (Å²) < 4.78 is 5.93. The van der Waals surface area contributed by atoms with Crippen LogP contribution >= 0.6 is 24.2 Å². The normalized spacial score (nSPS) is 24.0. The van der Waals surface area contributed by atoms with Crippen molar-refractivity contribution in [2.75, 3.05) is 25.2 Å². The van der Waals surface area contributed by atoms with Crippen LogP contribution in [0.15, 0.2) is 0 Å². The third kappa shape index (κ3) is 7.22. The van der Waals surface area contributed by atoms with Gasteiger partial charge in [0.25, 0.3) is 0 Å². The number of hydrogen-bond acceptors (Lipinski definition) is 4. The number of thioether (sulfide) groups is 1. The summed E-state index contributed by atoms with van der Waals surface area (Å²) in [7, 11) is 0. The lowest BCUT2D eigenvalue weighted by atomic mass is 9.78. The van der Waals surface area contributed by atoms with Gasteiger partial charge in [0.05, 0.1) is 12.1 Å². The topological polar surface area (TPSA) is 64.4 Å². The summed E-state index contributed by atoms with van der Waals surface area (Å²) in [5, 5.41) is 3.01. The Kier molecular flexibility index (Phi) is 9.94. The zero-order chi connectivity index (χ0) is 15.2. The molecular weight excluding hydrogens is 308 g/mol. The van der Waals surface area contributed by atoms with Gasteiger partial charge in [-0.1, -0.05) is 20.8 Å². The molecule has 1 amide bonds. The number of nitrogens with two attached hydrogens (primary N) is 1. The zero-order valence-electron chi connectivity index (χ0n) is 13.7. The van der Waals surface area contributed by atoms with Crippen molar-refractivity contribution in [3.05, 3.63) is 0 Å². The van der Waals surface area contributed by atoms with Crippen molar-refractivity contribution < 1.29 is 9.53 Å². The minimum Gasteiger partial charge on any atom is -0.377 e. The predicted octanol–water partition coefficient (Wildman–Crippen LogP) is 2.45. The van der Waals surface area contributed by atoms with Gasteiger partial charge in [0, 0.05) is 19.1 Å². The van der Waals surface area contributed by atoms with Crippen molar-refractivity contribution in [3.63, 3.8) is 0 Å². The van der Waals surface area contributed by atoms with Crippen molar-refractivity contribution in [2.45, 2.75) is 52.2 Å². The minimum absolute atomic E-state index is 0. The second kappa shape index (κ2) is 9.93. The van der Waals surface area contributed by atoms with Crippen LogP contribution in [0.3, 0.4) is 0 Å². The molecule has 21 heavy (non-hydrogen) atoms. The molecule has 1 fully saturated rings. The van der Waals surface area contributed by atoms with E-state index in [2.05, 4.69) is 26.1 Å². The number of carbonyl (C=O) groups excluding carboxylic acids is 1. The second-order valence-corrected chi connectivity index (χ2v) is 7.68. The summed E-state index contributed by atoms with van der Waals surface area (Å²) in [6, 6.07) is -0.389. The summed E-state index contributed by atoms with van der Waals surface area (Å²) >= 11 is 1.72. The van der Waals surface area contributed by atoms with E-state index < -0.39 is 0 Å². The Labute approximate surface area is 139 Å². The van der Waals surface area contributed by atoms with Crippen LogP contribution in [-0.2, 0) is 9.53 Å². The molecule has 0 aromatic carbocycles. The van der Waals surface area contributed by atoms with E-state index in [-0.39, 0.29) is 35.9 Å². The van der Waals surface area contributed by atoms with Gasteiger partial charge in [-0.15, -0.1) is 12.4 Å². The SMILES string of the molecule is CSCC[C@H](N)C(=O)NCC1CCCOC1C(C)(C)C.Cl. The Morgan fingerprint density at radius 2 is 2.14 bits per heavy atom. The zero-order valence-corrected chi connectivity index (χ0v) is 15.3. The fraction of sp³-hybridized carbons (Fsp3) is 0.933. The molecule has 0 radical (unpaired) electrons. The van der Waals surface area contributed by atoms with E-state index in [0.717, 1.165) is 31.6 Å². The number of carbonyl (C=O) groups is 1. The first-order valence-electron chi connectivity index (χ1n) is 7.50. The Morgan fingerprint density at radius 1 is 1.48 bits per heavy atom. The molecule has 0 saturated carbocycles. The van der Waals surface area contributed by atoms with Crippen molar-refractivity contribution in [1.29, 1.82) is 0 Å². The maximum atomic E-state index is 12.0. The molecule has 1 rings (SSSR count). The summed E-state index contributed by atoms with van der Waals surface area (Å²) in [4.78, 5) is 12.0. The van der Waals surface area contributed by atoms with E-state index in [4.69, 9.17) is 10.5 Å². The molecule has 6 heteroatoms. The Balaban J connectivity index is 0.00000400. The summed E-state index contributed by atoms with van der Waals surface area (Å²) in [5.41, 5.74) is 5.99. The van der Waals surface area contributed by atoms with Gasteiger partial charge in [0.1, 0.15) is 0 Å². The van der Waals surface area contributed by atoms with Crippen LogP contribution in [0.2, 0.25) is 0 Å². The predicted molar refractivity (Wildman–Crippen MR) is 93.2 cm³/mol. The largest absolute Gasteiger partial charge is 0.377 e. The van der Waals surface area contributed by atoms with Crippen LogP contribution in [0.4, 0.5) is 0 Å². The van der Waals surface area contributed by atoms with Crippen LogP contribution in [0, 0.1) is 11.3 Å². The molecule has 3 atom stereocenters. The third-order valence-electron chi connectivity index (χ3n) is 3.81. The Morgan fingerprint density at radius 3 is 2.71 bits per heavy atom. The van der Waals surface area contributed by atoms with Gasteiger partial charge in [-0.25, -0.2) is 0 Å². The molecule has 0 aromatic rings. The van der Waals surface area contributed by atoms with Crippen LogP contribution in [0.25, 0.3) is 0 Å². The molecule has 3 N–H and O–H groups in total. The average Bonchev–Trinajstić information content (AvgIpc) is 2.41. The Bertz CT molecular complexity index is 311. The first-order valence-corrected chi connectivity index (χ1v) is 8.89. The molecule has 0 aliphatic carbocycles. The van der Waals surface area contributed by atoms with Gasteiger partial charge < -0.3 is 15.8 Å². The van der Waals surface area contributed by atoms with E-state index in [0.29, 0.717) is 12.5 Å². The van der Waals surface area contributed by atoms with Crippen LogP contribution in [0.5, 0.6) is 0 Å². The summed E-state index contributed by atoms with van der Waals surface area (Å²) in [6.07, 6.45) is 5.15. The number of hydrogen-bond donors (Lipinski definition) is 2. The van der Waals surface area contributed by atoms with E-state index in [9.17, 15) is 4.79 Å². The first kappa shape index (κ1) is 21.0. The smallest absolute Gasteiger partial charge is 0.236 e. The van der Waals surface area contributed by atoms with E-state index >= 15 is 0 Å². The molecule has 0 spiro atoms. The molecule has 2 unspecified atom stereocenters. The lowest BCUT2D eigenvalue weighted by molar-refractivity contribution is -0.124. The van der Waals surface area contributed by atoms with Gasteiger partial charge in [0.2, 0.25) is 5.91 Å². The Hall–Kier alpha value is 0.0300. The highest BCUT2D eigenvalue weighted by molar-refractivity contribution is 7.98. The lowest BCUT2D eigenvalue weighted by Crippen LogP contribution is -2.48. The van der Waals surface area contributed by atoms with Crippen LogP contribution in [0.1, 0.15) is 40.0 Å². The standard InChI is InChI=1S/C15H30N2O2S.ClH/c1-15(2,3)13-11(6-5-8-19-13)10-17-14(18)12(16)7-9-20-4;/h11-13H,5-10,16H2,1-4H3,(H,17,18);1H/t11?,12-,13?;/m0./s1. The van der Waals surface area contributed by atoms with Crippen molar-refractivity contribution >= 4 is 30.1 Å². The third-order valence-corrected chi connectivity index (χ3v) is 4.45. The molecule has 126 valence electrons. The molecule has 0 bridgehead atoms. The first-order chi connectivity index (χ1) is 9.36. The number of nitrogens with one attached hydrogen (secondary N) is 1. The van der Waals surface area contributed by atoms with Crippen molar-refractivity contribution in [2.24, 2.45) is 17.1 Å². The maximum absolute atomic E-state index is 12.0. The maximum Gasteiger partial charge on any atom is 0.236 e. The molecular formula is C15H31ClN2O2S. The minimum atomic E-state index is -0.389. The van der Waals surface area contributed by atoms with Crippen LogP contribution in [-0.4, -0.2) is 43.2 Å². The quantitative estimate of drug-likeness (QED) is 0.780.